The van der Waals surface area contributed by atoms with Crippen molar-refractivity contribution in [2.24, 2.45) is 7.05 Å². The van der Waals surface area contributed by atoms with Crippen LogP contribution in [0.2, 0.25) is 0 Å². The molecule has 1 nitrogen and oxygen atoms in total. The average molecular weight is 275 g/mol. The van der Waals surface area contributed by atoms with E-state index in [-0.39, 0.29) is 5.82 Å². The van der Waals surface area contributed by atoms with Gasteiger partial charge >= 0.3 is 0 Å². The Morgan fingerprint density at radius 3 is 2.92 bits per heavy atom. The molecule has 0 aliphatic rings. The molecule has 12 heavy (non-hydrogen) atoms. The number of fused-ring (bicyclic) bond motifs is 1. The van der Waals surface area contributed by atoms with E-state index >= 15 is 0 Å². The molecule has 0 amide bonds. The third kappa shape index (κ3) is 1.12. The lowest BCUT2D eigenvalue weighted by atomic mass is 10.2. The van der Waals surface area contributed by atoms with E-state index in [0.717, 1.165) is 14.5 Å². The third-order valence-electron chi connectivity index (χ3n) is 1.90. The molecule has 1 aromatic heterocycles. The van der Waals surface area contributed by atoms with Crippen molar-refractivity contribution in [1.29, 1.82) is 0 Å². The van der Waals surface area contributed by atoms with Crippen LogP contribution in [-0.2, 0) is 7.05 Å². The molecule has 1 heterocycles. The minimum absolute atomic E-state index is 0.180. The monoisotopic (exact) mass is 275 g/mol. The first kappa shape index (κ1) is 8.04. The first-order chi connectivity index (χ1) is 5.68. The molecule has 62 valence electrons. The van der Waals surface area contributed by atoms with E-state index in [1.807, 2.05) is 23.9 Å². The zero-order valence-electron chi connectivity index (χ0n) is 6.51. The van der Waals surface area contributed by atoms with Crippen molar-refractivity contribution in [1.82, 2.24) is 4.57 Å². The van der Waals surface area contributed by atoms with Crippen LogP contribution in [0.4, 0.5) is 4.39 Å². The predicted octanol–water partition coefficient (Wildman–Crippen LogP) is 2.92. The Kier molecular flexibility index (Phi) is 1.83. The standard InChI is InChI=1S/C9H7FIN/c1-12-5-8(11)7-3-2-6(10)4-9(7)12/h2-5H,1H3. The Balaban J connectivity index is 2.90. The third-order valence-corrected chi connectivity index (χ3v) is 2.76. The molecule has 0 aliphatic heterocycles. The van der Waals surface area contributed by atoms with Crippen LogP contribution in [0.3, 0.4) is 0 Å². The zero-order valence-corrected chi connectivity index (χ0v) is 8.67. The topological polar surface area (TPSA) is 4.93 Å². The molecule has 1 aromatic carbocycles. The van der Waals surface area contributed by atoms with Crippen molar-refractivity contribution in [3.8, 4) is 0 Å². The molecule has 2 aromatic rings. The summed E-state index contributed by atoms with van der Waals surface area (Å²) in [5, 5.41) is 1.11. The van der Waals surface area contributed by atoms with E-state index < -0.39 is 0 Å². The Morgan fingerprint density at radius 2 is 2.17 bits per heavy atom. The number of aromatic nitrogens is 1. The van der Waals surface area contributed by atoms with E-state index in [1.165, 1.54) is 6.07 Å². The van der Waals surface area contributed by atoms with Crippen LogP contribution in [0.1, 0.15) is 0 Å². The molecule has 0 spiro atoms. The number of aryl methyl sites for hydroxylation is 1. The molecule has 0 bridgehead atoms. The van der Waals surface area contributed by atoms with Crippen molar-refractivity contribution in [2.45, 2.75) is 0 Å². The largest absolute Gasteiger partial charge is 0.349 e. The fourth-order valence-corrected chi connectivity index (χ4v) is 2.18. The van der Waals surface area contributed by atoms with Gasteiger partial charge in [-0.15, -0.1) is 0 Å². The first-order valence-electron chi connectivity index (χ1n) is 3.58. The highest BCUT2D eigenvalue weighted by Crippen LogP contribution is 2.22. The van der Waals surface area contributed by atoms with Gasteiger partial charge in [-0.1, -0.05) is 0 Å². The highest BCUT2D eigenvalue weighted by atomic mass is 127. The van der Waals surface area contributed by atoms with Gasteiger partial charge in [0.15, 0.2) is 0 Å². The summed E-state index contributed by atoms with van der Waals surface area (Å²) in [5.74, 6) is -0.180. The Labute approximate surface area is 83.3 Å². The van der Waals surface area contributed by atoms with Gasteiger partial charge in [-0.25, -0.2) is 4.39 Å². The summed E-state index contributed by atoms with van der Waals surface area (Å²) < 4.78 is 15.9. The summed E-state index contributed by atoms with van der Waals surface area (Å²) >= 11 is 2.25. The smallest absolute Gasteiger partial charge is 0.125 e. The molecule has 2 rings (SSSR count). The van der Waals surface area contributed by atoms with Gasteiger partial charge in [-0.05, 0) is 40.8 Å². The lowest BCUT2D eigenvalue weighted by Crippen LogP contribution is -1.83. The highest BCUT2D eigenvalue weighted by Gasteiger charge is 2.03. The average Bonchev–Trinajstić information content (AvgIpc) is 2.28. The Morgan fingerprint density at radius 1 is 1.42 bits per heavy atom. The van der Waals surface area contributed by atoms with Crippen LogP contribution < -0.4 is 0 Å². The van der Waals surface area contributed by atoms with Crippen LogP contribution in [0.25, 0.3) is 10.9 Å². The molecule has 0 radical (unpaired) electrons. The summed E-state index contributed by atoms with van der Waals surface area (Å²) in [6, 6.07) is 4.86. The number of rotatable bonds is 0. The van der Waals surface area contributed by atoms with Crippen LogP contribution in [0.15, 0.2) is 24.4 Å². The second-order valence-electron chi connectivity index (χ2n) is 2.75. The molecule has 0 saturated heterocycles. The molecule has 3 heteroatoms. The molecule has 0 atom stereocenters. The number of halogens is 2. The minimum Gasteiger partial charge on any atom is -0.349 e. The fraction of sp³-hybridized carbons (Fsp3) is 0.111. The van der Waals surface area contributed by atoms with E-state index in [2.05, 4.69) is 22.6 Å². The number of nitrogens with zero attached hydrogens (tertiary/aromatic N) is 1. The predicted molar refractivity (Wildman–Crippen MR) is 55.6 cm³/mol. The van der Waals surface area contributed by atoms with Crippen LogP contribution in [-0.4, -0.2) is 4.57 Å². The lowest BCUT2D eigenvalue weighted by molar-refractivity contribution is 0.629. The summed E-state index contributed by atoms with van der Waals surface area (Å²) in [5.41, 5.74) is 0.944. The summed E-state index contributed by atoms with van der Waals surface area (Å²) in [6.07, 6.45) is 1.99. The number of hydrogen-bond acceptors (Lipinski definition) is 0. The summed E-state index contributed by atoms with van der Waals surface area (Å²) in [6.45, 7) is 0. The van der Waals surface area contributed by atoms with Crippen LogP contribution >= 0.6 is 22.6 Å². The molecular formula is C9H7FIN. The van der Waals surface area contributed by atoms with Crippen LogP contribution in [0.5, 0.6) is 0 Å². The summed E-state index contributed by atoms with van der Waals surface area (Å²) in [7, 11) is 1.92. The van der Waals surface area contributed by atoms with E-state index in [4.69, 9.17) is 0 Å². The molecular weight excluding hydrogens is 268 g/mol. The molecule has 0 unspecified atom stereocenters. The zero-order chi connectivity index (χ0) is 8.72. The van der Waals surface area contributed by atoms with Gasteiger partial charge in [0.1, 0.15) is 5.82 Å². The second-order valence-corrected chi connectivity index (χ2v) is 3.91. The van der Waals surface area contributed by atoms with Crippen molar-refractivity contribution in [2.75, 3.05) is 0 Å². The minimum atomic E-state index is -0.180. The fourth-order valence-electron chi connectivity index (χ4n) is 1.31. The van der Waals surface area contributed by atoms with E-state index in [0.29, 0.717) is 0 Å². The molecule has 0 aliphatic carbocycles. The van der Waals surface area contributed by atoms with Gasteiger partial charge in [0, 0.05) is 22.2 Å². The second kappa shape index (κ2) is 2.73. The Bertz CT molecular complexity index is 433. The quantitative estimate of drug-likeness (QED) is 0.651. The van der Waals surface area contributed by atoms with Gasteiger partial charge < -0.3 is 4.57 Å². The molecule has 0 fully saturated rings. The highest BCUT2D eigenvalue weighted by molar-refractivity contribution is 14.1. The van der Waals surface area contributed by atoms with Crippen molar-refractivity contribution < 1.29 is 4.39 Å². The Hall–Kier alpha value is -0.580. The SMILES string of the molecule is Cn1cc(I)c2ccc(F)cc21. The number of hydrogen-bond donors (Lipinski definition) is 0. The normalized spacial score (nSPS) is 10.9. The van der Waals surface area contributed by atoms with E-state index in [9.17, 15) is 4.39 Å². The van der Waals surface area contributed by atoms with Gasteiger partial charge in [-0.3, -0.25) is 0 Å². The lowest BCUT2D eigenvalue weighted by Gasteiger charge is -1.94. The van der Waals surface area contributed by atoms with Gasteiger partial charge in [0.05, 0.1) is 5.52 Å². The maximum Gasteiger partial charge on any atom is 0.125 e. The maximum absolute atomic E-state index is 12.8. The van der Waals surface area contributed by atoms with Crippen molar-refractivity contribution in [3.05, 3.63) is 33.8 Å². The maximum atomic E-state index is 12.8. The van der Waals surface area contributed by atoms with Crippen molar-refractivity contribution >= 4 is 33.5 Å². The molecule has 0 saturated carbocycles. The number of benzene rings is 1. The van der Waals surface area contributed by atoms with Gasteiger partial charge in [0.25, 0.3) is 0 Å². The summed E-state index contributed by atoms with van der Waals surface area (Å²) in [4.78, 5) is 0. The van der Waals surface area contributed by atoms with Gasteiger partial charge in [-0.2, -0.15) is 0 Å². The van der Waals surface area contributed by atoms with Crippen molar-refractivity contribution in [3.63, 3.8) is 0 Å². The van der Waals surface area contributed by atoms with Crippen LogP contribution in [0, 0.1) is 9.39 Å². The van der Waals surface area contributed by atoms with Gasteiger partial charge in [0.2, 0.25) is 0 Å². The van der Waals surface area contributed by atoms with E-state index in [1.54, 1.807) is 6.07 Å². The first-order valence-corrected chi connectivity index (χ1v) is 4.66. The molecule has 0 N–H and O–H groups in total.